The number of benzene rings is 1. The maximum atomic E-state index is 11.4. The maximum absolute atomic E-state index is 11.4. The van der Waals surface area contributed by atoms with Crippen LogP contribution in [0.3, 0.4) is 0 Å². The van der Waals surface area contributed by atoms with Gasteiger partial charge in [0.05, 0.1) is 10.9 Å². The molecule has 0 radical (unpaired) electrons. The number of nitriles is 1. The summed E-state index contributed by atoms with van der Waals surface area (Å²) >= 11 is 1.44. The fourth-order valence-corrected chi connectivity index (χ4v) is 2.34. The van der Waals surface area contributed by atoms with E-state index in [4.69, 9.17) is 5.26 Å². The third kappa shape index (κ3) is 1.79. The van der Waals surface area contributed by atoms with Crippen LogP contribution in [0.5, 0.6) is 0 Å². The number of hydrogen-bond donors (Lipinski definition) is 1. The number of nitrogens with one attached hydrogen (secondary N) is 1. The summed E-state index contributed by atoms with van der Waals surface area (Å²) in [6, 6.07) is 6.44. The molecule has 80 valence electrons. The largest absolute Gasteiger partial charge is 0.324 e. The molecule has 0 bridgehead atoms. The van der Waals surface area contributed by atoms with E-state index in [0.29, 0.717) is 11.3 Å². The van der Waals surface area contributed by atoms with Crippen LogP contribution in [0.25, 0.3) is 0 Å². The minimum absolute atomic E-state index is 0.0842. The summed E-state index contributed by atoms with van der Waals surface area (Å²) in [6.45, 7) is 1.82. The van der Waals surface area contributed by atoms with Gasteiger partial charge in [-0.05, 0) is 25.1 Å². The standard InChI is InChI=1S/C11H8N2O2S/c1-6-11(15)13-8-4-7(9(14)5-12)2-3-10(8)16-6/h2-4,6H,1H3,(H,13,15). The van der Waals surface area contributed by atoms with E-state index in [1.54, 1.807) is 18.2 Å². The maximum Gasteiger partial charge on any atom is 0.262 e. The Morgan fingerprint density at radius 1 is 1.56 bits per heavy atom. The minimum Gasteiger partial charge on any atom is -0.324 e. The van der Waals surface area contributed by atoms with Gasteiger partial charge in [0.2, 0.25) is 5.91 Å². The molecule has 1 unspecified atom stereocenters. The molecule has 0 spiro atoms. The van der Waals surface area contributed by atoms with Gasteiger partial charge in [-0.25, -0.2) is 0 Å². The van der Waals surface area contributed by atoms with Crippen molar-refractivity contribution in [1.82, 2.24) is 0 Å². The molecular formula is C11H8N2O2S. The van der Waals surface area contributed by atoms with E-state index in [1.165, 1.54) is 17.8 Å². The summed E-state index contributed by atoms with van der Waals surface area (Å²) in [5.74, 6) is -0.681. The lowest BCUT2D eigenvalue weighted by Crippen LogP contribution is -2.26. The molecule has 1 amide bonds. The molecule has 1 aliphatic rings. The first-order valence-electron chi connectivity index (χ1n) is 4.68. The van der Waals surface area contributed by atoms with Crippen LogP contribution in [-0.4, -0.2) is 16.9 Å². The van der Waals surface area contributed by atoms with Crippen molar-refractivity contribution in [2.24, 2.45) is 0 Å². The van der Waals surface area contributed by atoms with E-state index in [0.717, 1.165) is 4.90 Å². The average Bonchev–Trinajstić information content (AvgIpc) is 2.29. The molecule has 0 saturated carbocycles. The average molecular weight is 232 g/mol. The first kappa shape index (κ1) is 10.7. The lowest BCUT2D eigenvalue weighted by molar-refractivity contribution is -0.115. The summed E-state index contributed by atoms with van der Waals surface area (Å²) in [5.41, 5.74) is 0.908. The highest BCUT2D eigenvalue weighted by Crippen LogP contribution is 2.35. The molecule has 1 atom stereocenters. The number of nitrogens with zero attached hydrogens (tertiary/aromatic N) is 1. The number of carbonyl (C=O) groups excluding carboxylic acids is 2. The van der Waals surface area contributed by atoms with Crippen molar-refractivity contribution in [3.63, 3.8) is 0 Å². The predicted molar refractivity (Wildman–Crippen MR) is 60.3 cm³/mol. The SMILES string of the molecule is CC1Sc2ccc(C(=O)C#N)cc2NC1=O. The van der Waals surface area contributed by atoms with Gasteiger partial charge in [0.25, 0.3) is 5.78 Å². The molecular weight excluding hydrogens is 224 g/mol. The number of carbonyl (C=O) groups is 2. The molecule has 5 heteroatoms. The Morgan fingerprint density at radius 2 is 2.31 bits per heavy atom. The van der Waals surface area contributed by atoms with Gasteiger partial charge in [-0.2, -0.15) is 5.26 Å². The van der Waals surface area contributed by atoms with Gasteiger partial charge in [-0.1, -0.05) is 0 Å². The van der Waals surface area contributed by atoms with E-state index < -0.39 is 5.78 Å². The summed E-state index contributed by atoms with van der Waals surface area (Å²) in [5, 5.41) is 11.1. The Labute approximate surface area is 96.6 Å². The first-order chi connectivity index (χ1) is 7.61. The number of ketones is 1. The quantitative estimate of drug-likeness (QED) is 0.592. The van der Waals surface area contributed by atoms with Crippen molar-refractivity contribution in [3.8, 4) is 6.07 Å². The number of rotatable bonds is 1. The van der Waals surface area contributed by atoms with Crippen LogP contribution in [0.2, 0.25) is 0 Å². The topological polar surface area (TPSA) is 70.0 Å². The van der Waals surface area contributed by atoms with Crippen LogP contribution < -0.4 is 5.32 Å². The Kier molecular flexibility index (Phi) is 2.67. The zero-order valence-electron chi connectivity index (χ0n) is 8.48. The fraction of sp³-hybridized carbons (Fsp3) is 0.182. The first-order valence-corrected chi connectivity index (χ1v) is 5.56. The lowest BCUT2D eigenvalue weighted by Gasteiger charge is -2.21. The summed E-state index contributed by atoms with van der Waals surface area (Å²) < 4.78 is 0. The number of hydrogen-bond acceptors (Lipinski definition) is 4. The minimum atomic E-state index is -0.597. The summed E-state index contributed by atoms with van der Waals surface area (Å²) in [4.78, 5) is 23.5. The number of anilines is 1. The third-order valence-electron chi connectivity index (χ3n) is 2.27. The molecule has 0 aliphatic carbocycles. The smallest absolute Gasteiger partial charge is 0.262 e. The highest BCUT2D eigenvalue weighted by molar-refractivity contribution is 8.00. The number of fused-ring (bicyclic) bond motifs is 1. The Morgan fingerprint density at radius 3 is 3.00 bits per heavy atom. The van der Waals surface area contributed by atoms with Gasteiger partial charge in [-0.3, -0.25) is 9.59 Å². The number of thioether (sulfide) groups is 1. The second-order valence-corrected chi connectivity index (χ2v) is 4.78. The zero-order valence-corrected chi connectivity index (χ0v) is 9.30. The van der Waals surface area contributed by atoms with Crippen molar-refractivity contribution < 1.29 is 9.59 Å². The normalized spacial score (nSPS) is 18.2. The van der Waals surface area contributed by atoms with E-state index in [-0.39, 0.29) is 11.2 Å². The summed E-state index contributed by atoms with van der Waals surface area (Å²) in [6.07, 6.45) is 0. The van der Waals surface area contributed by atoms with Crippen molar-refractivity contribution in [2.45, 2.75) is 17.1 Å². The third-order valence-corrected chi connectivity index (χ3v) is 3.45. The number of amides is 1. The van der Waals surface area contributed by atoms with E-state index in [9.17, 15) is 9.59 Å². The van der Waals surface area contributed by atoms with Crippen LogP contribution in [0.1, 0.15) is 17.3 Å². The van der Waals surface area contributed by atoms with Gasteiger partial charge in [0.15, 0.2) is 0 Å². The Bertz CT molecular complexity index is 519. The fourth-order valence-electron chi connectivity index (χ4n) is 1.41. The second kappa shape index (κ2) is 3.99. The highest BCUT2D eigenvalue weighted by Gasteiger charge is 2.23. The van der Waals surface area contributed by atoms with E-state index in [2.05, 4.69) is 5.32 Å². The molecule has 1 aromatic rings. The van der Waals surface area contributed by atoms with Crippen LogP contribution in [0, 0.1) is 11.3 Å². The van der Waals surface area contributed by atoms with Crippen LogP contribution in [-0.2, 0) is 4.79 Å². The molecule has 1 aromatic carbocycles. The van der Waals surface area contributed by atoms with Gasteiger partial charge in [0, 0.05) is 10.5 Å². The van der Waals surface area contributed by atoms with Gasteiger partial charge in [-0.15, -0.1) is 11.8 Å². The second-order valence-electron chi connectivity index (χ2n) is 3.40. The van der Waals surface area contributed by atoms with Gasteiger partial charge < -0.3 is 5.32 Å². The molecule has 0 saturated heterocycles. The molecule has 4 nitrogen and oxygen atoms in total. The van der Waals surface area contributed by atoms with Crippen LogP contribution in [0.4, 0.5) is 5.69 Å². The van der Waals surface area contributed by atoms with Gasteiger partial charge in [0.1, 0.15) is 6.07 Å². The number of Topliss-reactive ketones (excluding diaryl/α,β-unsaturated/α-hetero) is 1. The van der Waals surface area contributed by atoms with Crippen molar-refractivity contribution in [1.29, 1.82) is 5.26 Å². The predicted octanol–water partition coefficient (Wildman–Crippen LogP) is 1.83. The Balaban J connectivity index is 2.41. The molecule has 0 fully saturated rings. The highest BCUT2D eigenvalue weighted by atomic mass is 32.2. The molecule has 2 rings (SSSR count). The van der Waals surface area contributed by atoms with E-state index >= 15 is 0 Å². The van der Waals surface area contributed by atoms with Crippen molar-refractivity contribution in [2.75, 3.05) is 5.32 Å². The van der Waals surface area contributed by atoms with E-state index in [1.807, 2.05) is 6.92 Å². The van der Waals surface area contributed by atoms with Crippen LogP contribution in [0.15, 0.2) is 23.1 Å². The monoisotopic (exact) mass is 232 g/mol. The molecule has 16 heavy (non-hydrogen) atoms. The molecule has 0 aromatic heterocycles. The van der Waals surface area contributed by atoms with Crippen molar-refractivity contribution in [3.05, 3.63) is 23.8 Å². The van der Waals surface area contributed by atoms with Crippen molar-refractivity contribution >= 4 is 29.1 Å². The van der Waals surface area contributed by atoms with Gasteiger partial charge >= 0.3 is 0 Å². The van der Waals surface area contributed by atoms with Crippen LogP contribution >= 0.6 is 11.8 Å². The zero-order chi connectivity index (χ0) is 11.7. The lowest BCUT2D eigenvalue weighted by atomic mass is 10.1. The molecule has 1 N–H and O–H groups in total. The molecule has 1 aliphatic heterocycles. The summed E-state index contributed by atoms with van der Waals surface area (Å²) in [7, 11) is 0. The Hall–Kier alpha value is -1.80. The molecule has 1 heterocycles.